The van der Waals surface area contributed by atoms with Crippen LogP contribution >= 0.6 is 27.7 Å². The van der Waals surface area contributed by atoms with Crippen LogP contribution < -0.4 is 16.4 Å². The van der Waals surface area contributed by atoms with E-state index in [1.165, 1.54) is 11.8 Å². The molecule has 0 atom stereocenters. The first-order valence-corrected chi connectivity index (χ1v) is 11.9. The van der Waals surface area contributed by atoms with E-state index >= 15 is 0 Å². The van der Waals surface area contributed by atoms with Crippen molar-refractivity contribution in [3.05, 3.63) is 42.0 Å². The number of aromatic nitrogens is 2. The van der Waals surface area contributed by atoms with Crippen LogP contribution in [-0.4, -0.2) is 38.9 Å². The minimum absolute atomic E-state index is 0.157. The summed E-state index contributed by atoms with van der Waals surface area (Å²) in [6.07, 6.45) is 1.89. The minimum atomic E-state index is -0.400. The van der Waals surface area contributed by atoms with E-state index in [0.29, 0.717) is 38.7 Å². The Labute approximate surface area is 193 Å². The van der Waals surface area contributed by atoms with Gasteiger partial charge in [0.25, 0.3) is 5.91 Å². The number of halogens is 1. The lowest BCUT2D eigenvalue weighted by atomic mass is 10.0. The lowest BCUT2D eigenvalue weighted by Crippen LogP contribution is -2.40. The number of nitrogens with two attached hydrogens (primary N) is 1. The molecule has 3 rings (SSSR count). The maximum atomic E-state index is 12.8. The van der Waals surface area contributed by atoms with Gasteiger partial charge >= 0.3 is 0 Å². The monoisotopic (exact) mass is 501 g/mol. The molecular formula is C22H24BrN5O2S. The SMILES string of the molecule is CSc1nc(-c2cccc(NC(=O)CBr)c2)c2c(N)c(C(=O)NC(C)(C)C)ccc2n1. The van der Waals surface area contributed by atoms with Crippen molar-refractivity contribution in [2.45, 2.75) is 31.5 Å². The van der Waals surface area contributed by atoms with Crippen molar-refractivity contribution in [2.24, 2.45) is 0 Å². The number of alkyl halides is 1. The summed E-state index contributed by atoms with van der Waals surface area (Å²) >= 11 is 4.57. The number of fused-ring (bicyclic) bond motifs is 1. The summed E-state index contributed by atoms with van der Waals surface area (Å²) in [6, 6.07) is 10.8. The van der Waals surface area contributed by atoms with E-state index in [2.05, 4.69) is 36.5 Å². The second-order valence-electron chi connectivity index (χ2n) is 7.95. The number of amides is 2. The molecule has 0 spiro atoms. The van der Waals surface area contributed by atoms with Gasteiger partial charge in [-0.15, -0.1) is 0 Å². The number of rotatable bonds is 5. The highest BCUT2D eigenvalue weighted by Gasteiger charge is 2.21. The second kappa shape index (κ2) is 9.23. The van der Waals surface area contributed by atoms with Gasteiger partial charge in [-0.2, -0.15) is 0 Å². The van der Waals surface area contributed by atoms with Gasteiger partial charge in [0.1, 0.15) is 0 Å². The number of carbonyl (C=O) groups is 2. The molecule has 2 aromatic carbocycles. The first kappa shape index (κ1) is 23.0. The van der Waals surface area contributed by atoms with Crippen LogP contribution in [-0.2, 0) is 4.79 Å². The van der Waals surface area contributed by atoms with Crippen molar-refractivity contribution in [1.82, 2.24) is 15.3 Å². The topological polar surface area (TPSA) is 110 Å². The third kappa shape index (κ3) is 5.34. The number of benzene rings is 2. The molecule has 31 heavy (non-hydrogen) atoms. The Morgan fingerprint density at radius 3 is 2.55 bits per heavy atom. The van der Waals surface area contributed by atoms with Crippen molar-refractivity contribution in [2.75, 3.05) is 22.6 Å². The summed E-state index contributed by atoms with van der Waals surface area (Å²) in [5.41, 5.74) is 9.42. The van der Waals surface area contributed by atoms with Crippen LogP contribution in [0, 0.1) is 0 Å². The van der Waals surface area contributed by atoms with Crippen LogP contribution in [0.1, 0.15) is 31.1 Å². The molecule has 0 saturated heterocycles. The van der Waals surface area contributed by atoms with Crippen molar-refractivity contribution in [3.8, 4) is 11.3 Å². The summed E-state index contributed by atoms with van der Waals surface area (Å²) < 4.78 is 0. The van der Waals surface area contributed by atoms with Crippen LogP contribution in [0.15, 0.2) is 41.6 Å². The minimum Gasteiger partial charge on any atom is -0.397 e. The van der Waals surface area contributed by atoms with E-state index in [4.69, 9.17) is 5.73 Å². The number of nitrogens with zero attached hydrogens (tertiary/aromatic N) is 2. The molecule has 0 fully saturated rings. The van der Waals surface area contributed by atoms with Gasteiger partial charge in [0.15, 0.2) is 5.16 Å². The second-order valence-corrected chi connectivity index (χ2v) is 9.28. The van der Waals surface area contributed by atoms with E-state index < -0.39 is 5.54 Å². The zero-order valence-electron chi connectivity index (χ0n) is 17.7. The number of hydrogen-bond donors (Lipinski definition) is 3. The van der Waals surface area contributed by atoms with Gasteiger partial charge in [0.05, 0.1) is 33.2 Å². The molecule has 1 heterocycles. The zero-order chi connectivity index (χ0) is 22.8. The Hall–Kier alpha value is -2.65. The van der Waals surface area contributed by atoms with Gasteiger partial charge in [0.2, 0.25) is 5.91 Å². The molecule has 0 aliphatic rings. The van der Waals surface area contributed by atoms with E-state index in [1.54, 1.807) is 18.2 Å². The van der Waals surface area contributed by atoms with Gasteiger partial charge in [-0.3, -0.25) is 9.59 Å². The fraction of sp³-hybridized carbons (Fsp3) is 0.273. The Balaban J connectivity index is 2.20. The van der Waals surface area contributed by atoms with Gasteiger partial charge in [-0.1, -0.05) is 39.8 Å². The Morgan fingerprint density at radius 1 is 1.16 bits per heavy atom. The summed E-state index contributed by atoms with van der Waals surface area (Å²) in [5.74, 6) is -0.416. The molecule has 0 aliphatic carbocycles. The molecule has 3 aromatic rings. The summed E-state index contributed by atoms with van der Waals surface area (Å²) in [6.45, 7) is 5.73. The Kier molecular flexibility index (Phi) is 6.86. The fourth-order valence-electron chi connectivity index (χ4n) is 3.07. The zero-order valence-corrected chi connectivity index (χ0v) is 20.1. The lowest BCUT2D eigenvalue weighted by Gasteiger charge is -2.21. The molecule has 2 amide bonds. The Morgan fingerprint density at radius 2 is 1.90 bits per heavy atom. The summed E-state index contributed by atoms with van der Waals surface area (Å²) in [5, 5.41) is 7.15. The molecule has 0 radical (unpaired) electrons. The average Bonchev–Trinajstić information content (AvgIpc) is 2.71. The quantitative estimate of drug-likeness (QED) is 0.206. The highest BCUT2D eigenvalue weighted by atomic mass is 79.9. The van der Waals surface area contributed by atoms with Crippen molar-refractivity contribution in [1.29, 1.82) is 0 Å². The van der Waals surface area contributed by atoms with Crippen molar-refractivity contribution < 1.29 is 9.59 Å². The maximum absolute atomic E-state index is 12.8. The van der Waals surface area contributed by atoms with E-state index in [-0.39, 0.29) is 17.1 Å². The van der Waals surface area contributed by atoms with Crippen molar-refractivity contribution >= 4 is 61.8 Å². The molecule has 162 valence electrons. The lowest BCUT2D eigenvalue weighted by molar-refractivity contribution is -0.113. The van der Waals surface area contributed by atoms with Gasteiger partial charge in [-0.05, 0) is 51.3 Å². The number of nitrogen functional groups attached to an aromatic ring is 1. The van der Waals surface area contributed by atoms with Crippen molar-refractivity contribution in [3.63, 3.8) is 0 Å². The van der Waals surface area contributed by atoms with Gasteiger partial charge in [0, 0.05) is 16.8 Å². The third-order valence-corrected chi connectivity index (χ3v) is 5.40. The number of carbonyl (C=O) groups excluding carboxylic acids is 2. The van der Waals surface area contributed by atoms with E-state index in [9.17, 15) is 9.59 Å². The van der Waals surface area contributed by atoms with Crippen LogP contribution in [0.3, 0.4) is 0 Å². The smallest absolute Gasteiger partial charge is 0.253 e. The third-order valence-electron chi connectivity index (χ3n) is 4.34. The molecule has 9 heteroatoms. The predicted octanol–water partition coefficient (Wildman–Crippen LogP) is 4.46. The molecule has 0 bridgehead atoms. The van der Waals surface area contributed by atoms with Gasteiger partial charge in [-0.25, -0.2) is 9.97 Å². The fourth-order valence-corrected chi connectivity index (χ4v) is 3.59. The maximum Gasteiger partial charge on any atom is 0.253 e. The largest absolute Gasteiger partial charge is 0.397 e. The molecule has 0 saturated carbocycles. The first-order chi connectivity index (χ1) is 14.6. The van der Waals surface area contributed by atoms with Crippen LogP contribution in [0.2, 0.25) is 0 Å². The van der Waals surface area contributed by atoms with Crippen LogP contribution in [0.5, 0.6) is 0 Å². The number of hydrogen-bond acceptors (Lipinski definition) is 6. The molecule has 1 aromatic heterocycles. The Bertz CT molecular complexity index is 1160. The number of nitrogens with one attached hydrogen (secondary N) is 2. The first-order valence-electron chi connectivity index (χ1n) is 9.56. The molecular weight excluding hydrogens is 478 g/mol. The molecule has 0 aliphatic heterocycles. The number of thioether (sulfide) groups is 1. The molecule has 4 N–H and O–H groups in total. The van der Waals surface area contributed by atoms with Crippen LogP contribution in [0.25, 0.3) is 22.2 Å². The van der Waals surface area contributed by atoms with E-state index in [1.807, 2.05) is 45.2 Å². The highest BCUT2D eigenvalue weighted by Crippen LogP contribution is 2.35. The van der Waals surface area contributed by atoms with Crippen LogP contribution in [0.4, 0.5) is 11.4 Å². The standard InChI is InChI=1S/C22H24BrN5O2S/c1-22(2,3)28-20(30)14-8-9-15-17(18(14)24)19(27-21(26-15)31-4)12-6-5-7-13(10-12)25-16(29)11-23/h5-10H,11,24H2,1-4H3,(H,25,29)(H,28,30). The summed E-state index contributed by atoms with van der Waals surface area (Å²) in [4.78, 5) is 33.8. The predicted molar refractivity (Wildman–Crippen MR) is 131 cm³/mol. The van der Waals surface area contributed by atoms with Gasteiger partial charge < -0.3 is 16.4 Å². The van der Waals surface area contributed by atoms with E-state index in [0.717, 1.165) is 5.56 Å². The molecule has 0 unspecified atom stereocenters. The normalized spacial score (nSPS) is 11.4. The average molecular weight is 502 g/mol. The summed E-state index contributed by atoms with van der Waals surface area (Å²) in [7, 11) is 0. The number of anilines is 2. The highest BCUT2D eigenvalue weighted by molar-refractivity contribution is 9.09. The molecule has 7 nitrogen and oxygen atoms in total.